The molecule has 0 N–H and O–H groups in total. The van der Waals surface area contributed by atoms with Crippen LogP contribution >= 0.6 is 11.8 Å². The Morgan fingerprint density at radius 2 is 2.15 bits per heavy atom. The van der Waals surface area contributed by atoms with Crippen LogP contribution in [0.5, 0.6) is 0 Å². The van der Waals surface area contributed by atoms with E-state index in [0.717, 1.165) is 35.2 Å². The fourth-order valence-corrected chi connectivity index (χ4v) is 2.76. The minimum atomic E-state index is 0.356. The van der Waals surface area contributed by atoms with Crippen LogP contribution < -0.4 is 4.90 Å². The first-order chi connectivity index (χ1) is 9.67. The highest BCUT2D eigenvalue weighted by molar-refractivity contribution is 7.98. The Kier molecular flexibility index (Phi) is 5.01. The Morgan fingerprint density at radius 3 is 2.85 bits per heavy atom. The number of carbonyl (C=O) groups excluding carboxylic acids is 1. The Bertz CT molecular complexity index is 600. The van der Waals surface area contributed by atoms with E-state index in [-0.39, 0.29) is 0 Å². The number of fused-ring (bicyclic) bond motifs is 1. The van der Waals surface area contributed by atoms with Gasteiger partial charge in [0.1, 0.15) is 5.82 Å². The third-order valence-electron chi connectivity index (χ3n) is 3.59. The number of aromatic nitrogens is 1. The molecule has 1 aromatic carbocycles. The van der Waals surface area contributed by atoms with Gasteiger partial charge < -0.3 is 4.90 Å². The van der Waals surface area contributed by atoms with Crippen molar-refractivity contribution < 1.29 is 4.79 Å². The van der Waals surface area contributed by atoms with Crippen LogP contribution in [0.25, 0.3) is 10.9 Å². The molecule has 2 aromatic rings. The fourth-order valence-electron chi connectivity index (χ4n) is 2.18. The van der Waals surface area contributed by atoms with E-state index in [2.05, 4.69) is 23.1 Å². The van der Waals surface area contributed by atoms with Crippen LogP contribution in [0.1, 0.15) is 23.7 Å². The zero-order valence-corrected chi connectivity index (χ0v) is 13.0. The molecule has 2 rings (SSSR count). The molecule has 0 spiro atoms. The fraction of sp³-hybridized carbons (Fsp3) is 0.375. The lowest BCUT2D eigenvalue weighted by Gasteiger charge is -2.27. The van der Waals surface area contributed by atoms with Crippen LogP contribution in [-0.2, 0) is 0 Å². The normalized spacial score (nSPS) is 12.3. The smallest absolute Gasteiger partial charge is 0.153 e. The van der Waals surface area contributed by atoms with E-state index in [1.807, 2.05) is 49.1 Å². The van der Waals surface area contributed by atoms with Crippen molar-refractivity contribution in [1.82, 2.24) is 4.98 Å². The minimum Gasteiger partial charge on any atom is -0.356 e. The number of anilines is 1. The lowest BCUT2D eigenvalue weighted by molar-refractivity contribution is 0.112. The summed E-state index contributed by atoms with van der Waals surface area (Å²) in [5.41, 5.74) is 1.58. The maximum atomic E-state index is 11.3. The third-order valence-corrected chi connectivity index (χ3v) is 4.24. The SMILES string of the molecule is CSCCC(C)N(C)c1nc2ccccc2cc1C=O. The Morgan fingerprint density at radius 1 is 1.40 bits per heavy atom. The Hall–Kier alpha value is -1.55. The Labute approximate surface area is 124 Å². The van der Waals surface area contributed by atoms with Gasteiger partial charge in [-0.25, -0.2) is 4.98 Å². The summed E-state index contributed by atoms with van der Waals surface area (Å²) in [5.74, 6) is 1.88. The summed E-state index contributed by atoms with van der Waals surface area (Å²) in [6, 6.07) is 10.2. The summed E-state index contributed by atoms with van der Waals surface area (Å²) in [4.78, 5) is 18.1. The van der Waals surface area contributed by atoms with Crippen LogP contribution in [0.2, 0.25) is 0 Å². The van der Waals surface area contributed by atoms with E-state index in [4.69, 9.17) is 0 Å². The van der Waals surface area contributed by atoms with Crippen LogP contribution in [0.3, 0.4) is 0 Å². The van der Waals surface area contributed by atoms with Gasteiger partial charge >= 0.3 is 0 Å². The van der Waals surface area contributed by atoms with Gasteiger partial charge in [0.25, 0.3) is 0 Å². The molecule has 0 bridgehead atoms. The van der Waals surface area contributed by atoms with Crippen LogP contribution in [0.15, 0.2) is 30.3 Å². The molecule has 0 aliphatic carbocycles. The molecule has 1 aromatic heterocycles. The second-order valence-electron chi connectivity index (χ2n) is 4.95. The van der Waals surface area contributed by atoms with E-state index in [0.29, 0.717) is 11.6 Å². The zero-order valence-electron chi connectivity index (χ0n) is 12.2. The second kappa shape index (κ2) is 6.75. The molecule has 0 saturated carbocycles. The van der Waals surface area contributed by atoms with E-state index in [1.165, 1.54) is 0 Å². The summed E-state index contributed by atoms with van der Waals surface area (Å²) < 4.78 is 0. The number of pyridine rings is 1. The number of benzene rings is 1. The average molecular weight is 288 g/mol. The number of aldehydes is 1. The van der Waals surface area contributed by atoms with Crippen molar-refractivity contribution in [1.29, 1.82) is 0 Å². The van der Waals surface area contributed by atoms with E-state index >= 15 is 0 Å². The Balaban J connectivity index is 2.38. The van der Waals surface area contributed by atoms with E-state index < -0.39 is 0 Å². The highest BCUT2D eigenvalue weighted by Crippen LogP contribution is 2.23. The first-order valence-corrected chi connectivity index (χ1v) is 8.13. The number of nitrogens with zero attached hydrogens (tertiary/aromatic N) is 2. The van der Waals surface area contributed by atoms with Gasteiger partial charge in [0, 0.05) is 18.5 Å². The summed E-state index contributed by atoms with van der Waals surface area (Å²) in [7, 11) is 2.01. The largest absolute Gasteiger partial charge is 0.356 e. The highest BCUT2D eigenvalue weighted by atomic mass is 32.2. The summed E-state index contributed by atoms with van der Waals surface area (Å²) >= 11 is 1.84. The molecular weight excluding hydrogens is 268 g/mol. The number of thioether (sulfide) groups is 1. The van der Waals surface area contributed by atoms with Crippen LogP contribution in [-0.4, -0.2) is 36.4 Å². The molecule has 0 aliphatic rings. The first-order valence-electron chi connectivity index (χ1n) is 6.74. The van der Waals surface area contributed by atoms with E-state index in [1.54, 1.807) is 0 Å². The molecule has 1 unspecified atom stereocenters. The monoisotopic (exact) mass is 288 g/mol. The quantitative estimate of drug-likeness (QED) is 0.760. The minimum absolute atomic E-state index is 0.356. The van der Waals surface area contributed by atoms with Gasteiger partial charge in [-0.05, 0) is 37.5 Å². The standard InChI is InChI=1S/C16H20N2OS/c1-12(8-9-20-3)18(2)16-14(11-19)10-13-6-4-5-7-15(13)17-16/h4-7,10-12H,8-9H2,1-3H3. The highest BCUT2D eigenvalue weighted by Gasteiger charge is 2.15. The van der Waals surface area contributed by atoms with Crippen molar-refractivity contribution in [3.63, 3.8) is 0 Å². The topological polar surface area (TPSA) is 33.2 Å². The predicted molar refractivity (Wildman–Crippen MR) is 88.0 cm³/mol. The van der Waals surface area contributed by atoms with Gasteiger partial charge in [-0.2, -0.15) is 11.8 Å². The maximum Gasteiger partial charge on any atom is 0.153 e. The number of hydrogen-bond acceptors (Lipinski definition) is 4. The molecule has 0 amide bonds. The average Bonchev–Trinajstić information content (AvgIpc) is 2.50. The zero-order chi connectivity index (χ0) is 14.5. The number of rotatable bonds is 6. The molecule has 0 saturated heterocycles. The van der Waals surface area contributed by atoms with E-state index in [9.17, 15) is 4.79 Å². The molecule has 106 valence electrons. The molecule has 4 heteroatoms. The van der Waals surface area contributed by atoms with Crippen molar-refractivity contribution in [3.8, 4) is 0 Å². The lowest BCUT2D eigenvalue weighted by Crippen LogP contribution is -2.31. The number of carbonyl (C=O) groups is 1. The van der Waals surface area contributed by atoms with Crippen LogP contribution in [0, 0.1) is 0 Å². The van der Waals surface area contributed by atoms with Gasteiger partial charge in [0.05, 0.1) is 11.1 Å². The van der Waals surface area contributed by atoms with Crippen molar-refractivity contribution in [2.45, 2.75) is 19.4 Å². The van der Waals surface area contributed by atoms with Gasteiger partial charge in [0.2, 0.25) is 0 Å². The van der Waals surface area contributed by atoms with Crippen LogP contribution in [0.4, 0.5) is 5.82 Å². The van der Waals surface area contributed by atoms with Gasteiger partial charge in [-0.15, -0.1) is 0 Å². The van der Waals surface area contributed by atoms with Gasteiger partial charge in [0.15, 0.2) is 6.29 Å². The summed E-state index contributed by atoms with van der Waals surface area (Å²) in [6.45, 7) is 2.17. The second-order valence-corrected chi connectivity index (χ2v) is 5.94. The molecule has 3 nitrogen and oxygen atoms in total. The van der Waals surface area contributed by atoms with Crippen molar-refractivity contribution in [2.75, 3.05) is 24.0 Å². The molecule has 20 heavy (non-hydrogen) atoms. The third kappa shape index (κ3) is 3.12. The molecule has 0 aliphatic heterocycles. The number of hydrogen-bond donors (Lipinski definition) is 0. The molecule has 0 radical (unpaired) electrons. The maximum absolute atomic E-state index is 11.3. The van der Waals surface area contributed by atoms with Crippen molar-refractivity contribution in [3.05, 3.63) is 35.9 Å². The van der Waals surface area contributed by atoms with Crippen molar-refractivity contribution >= 4 is 34.8 Å². The number of para-hydroxylation sites is 1. The molecule has 0 fully saturated rings. The summed E-state index contributed by atoms with van der Waals surface area (Å²) in [6.07, 6.45) is 4.08. The first kappa shape index (κ1) is 14.9. The molecule has 1 atom stereocenters. The molecular formula is C16H20N2OS. The predicted octanol–water partition coefficient (Wildman–Crippen LogP) is 3.63. The van der Waals surface area contributed by atoms with Gasteiger partial charge in [-0.3, -0.25) is 4.79 Å². The van der Waals surface area contributed by atoms with Gasteiger partial charge in [-0.1, -0.05) is 18.2 Å². The van der Waals surface area contributed by atoms with Crippen molar-refractivity contribution in [2.24, 2.45) is 0 Å². The lowest BCUT2D eigenvalue weighted by atomic mass is 10.1. The summed E-state index contributed by atoms with van der Waals surface area (Å²) in [5, 5.41) is 1.00. The molecule has 1 heterocycles.